The first-order valence-electron chi connectivity index (χ1n) is 11.3. The summed E-state index contributed by atoms with van der Waals surface area (Å²) in [6.07, 6.45) is 0. The molecule has 0 fully saturated rings. The van der Waals surface area contributed by atoms with Crippen molar-refractivity contribution in [2.75, 3.05) is 26.7 Å². The van der Waals surface area contributed by atoms with Gasteiger partial charge in [0.25, 0.3) is 0 Å². The fraction of sp³-hybridized carbons (Fsp3) is 0.286. The molecule has 0 spiro atoms. The lowest BCUT2D eigenvalue weighted by molar-refractivity contribution is -0.119. The zero-order valence-corrected chi connectivity index (χ0v) is 20.0. The van der Waals surface area contributed by atoms with E-state index in [-0.39, 0.29) is 12.5 Å². The molecule has 0 aliphatic carbocycles. The fourth-order valence-corrected chi connectivity index (χ4v) is 3.82. The molecule has 3 aromatic rings. The summed E-state index contributed by atoms with van der Waals surface area (Å²) in [6.45, 7) is 5.91. The molecule has 1 N–H and O–H groups in total. The summed E-state index contributed by atoms with van der Waals surface area (Å²) in [5, 5.41) is 11.9. The minimum Gasteiger partial charge on any atom is -0.496 e. The van der Waals surface area contributed by atoms with Gasteiger partial charge in [-0.2, -0.15) is 5.26 Å². The predicted molar refractivity (Wildman–Crippen MR) is 134 cm³/mol. The number of nitriles is 1. The number of hydrogen-bond donors (Lipinski definition) is 1. The summed E-state index contributed by atoms with van der Waals surface area (Å²) in [6, 6.07) is 24.6. The minimum absolute atomic E-state index is 0.0828. The zero-order chi connectivity index (χ0) is 24.3. The van der Waals surface area contributed by atoms with Gasteiger partial charge in [-0.1, -0.05) is 54.6 Å². The molecule has 0 bridgehead atoms. The van der Waals surface area contributed by atoms with Crippen LogP contribution in [0.2, 0.25) is 0 Å². The van der Waals surface area contributed by atoms with Crippen molar-refractivity contribution in [2.24, 2.45) is 0 Å². The van der Waals surface area contributed by atoms with Crippen LogP contribution in [0.4, 0.5) is 0 Å². The summed E-state index contributed by atoms with van der Waals surface area (Å²) in [5.41, 5.74) is 5.67. The van der Waals surface area contributed by atoms with Crippen molar-refractivity contribution in [1.29, 1.82) is 5.26 Å². The van der Waals surface area contributed by atoms with Gasteiger partial charge in [-0.25, -0.2) is 0 Å². The Morgan fingerprint density at radius 3 is 2.56 bits per heavy atom. The second-order valence-corrected chi connectivity index (χ2v) is 8.07. The van der Waals surface area contributed by atoms with Crippen LogP contribution in [0.25, 0.3) is 11.1 Å². The molecule has 0 heterocycles. The van der Waals surface area contributed by atoms with Crippen LogP contribution in [0.3, 0.4) is 0 Å². The Balaban J connectivity index is 1.69. The zero-order valence-electron chi connectivity index (χ0n) is 20.0. The Kier molecular flexibility index (Phi) is 9.07. The molecule has 3 rings (SSSR count). The molecule has 34 heavy (non-hydrogen) atoms. The summed E-state index contributed by atoms with van der Waals surface area (Å²) < 4.78 is 11.7. The summed E-state index contributed by atoms with van der Waals surface area (Å²) in [5.74, 6) is 1.34. The molecule has 0 aliphatic rings. The van der Waals surface area contributed by atoms with Crippen molar-refractivity contribution in [3.05, 3.63) is 83.4 Å². The highest BCUT2D eigenvalue weighted by atomic mass is 16.5. The number of nitrogens with one attached hydrogen (secondary N) is 1. The molecule has 0 unspecified atom stereocenters. The van der Waals surface area contributed by atoms with E-state index in [2.05, 4.69) is 48.6 Å². The van der Waals surface area contributed by atoms with Gasteiger partial charge < -0.3 is 14.8 Å². The van der Waals surface area contributed by atoms with Gasteiger partial charge in [0.15, 0.2) is 0 Å². The maximum Gasteiger partial charge on any atom is 0.216 e. The van der Waals surface area contributed by atoms with E-state index >= 15 is 0 Å². The topological polar surface area (TPSA) is 74.6 Å². The van der Waals surface area contributed by atoms with E-state index in [0.29, 0.717) is 32.0 Å². The van der Waals surface area contributed by atoms with E-state index in [1.807, 2.05) is 41.3 Å². The number of nitrogens with zero attached hydrogens (tertiary/aromatic N) is 2. The van der Waals surface area contributed by atoms with Crippen molar-refractivity contribution in [2.45, 2.75) is 27.0 Å². The summed E-state index contributed by atoms with van der Waals surface area (Å²) >= 11 is 0. The van der Waals surface area contributed by atoms with E-state index in [9.17, 15) is 4.79 Å². The molecule has 0 radical (unpaired) electrons. The Hall–Kier alpha value is -3.82. The van der Waals surface area contributed by atoms with E-state index in [1.165, 1.54) is 23.6 Å². The van der Waals surface area contributed by atoms with Gasteiger partial charge in [0.05, 0.1) is 19.7 Å². The molecular formula is C28H31N3O3. The highest BCUT2D eigenvalue weighted by Gasteiger charge is 2.12. The first kappa shape index (κ1) is 24.8. The van der Waals surface area contributed by atoms with Crippen molar-refractivity contribution in [1.82, 2.24) is 10.2 Å². The quantitative estimate of drug-likeness (QED) is 0.422. The summed E-state index contributed by atoms with van der Waals surface area (Å²) in [4.78, 5) is 13.1. The van der Waals surface area contributed by atoms with E-state index in [1.54, 1.807) is 7.11 Å². The number of amides is 1. The van der Waals surface area contributed by atoms with Gasteiger partial charge in [-0.3, -0.25) is 9.69 Å². The standard InChI is InChI=1S/C28H31N3O3/c1-21-25(10-7-11-27(21)23-8-5-4-6-9-23)20-34-26-13-12-24(28(18-26)33-3)19-31(16-14-29)17-15-30-22(2)32/h4-13,18H,15-17,19-20H2,1-3H3,(H,30,32). The van der Waals surface area contributed by atoms with Gasteiger partial charge in [-0.05, 0) is 35.2 Å². The second kappa shape index (κ2) is 12.4. The molecule has 0 saturated heterocycles. The lowest BCUT2D eigenvalue weighted by Gasteiger charge is -2.21. The van der Waals surface area contributed by atoms with Crippen LogP contribution in [0.15, 0.2) is 66.7 Å². The van der Waals surface area contributed by atoms with Gasteiger partial charge >= 0.3 is 0 Å². The predicted octanol–water partition coefficient (Wildman–Crippen LogP) is 4.71. The Bertz CT molecular complexity index is 1140. The SMILES string of the molecule is COc1cc(OCc2cccc(-c3ccccc3)c2C)ccc1CN(CC#N)CCNC(C)=O. The molecule has 6 nitrogen and oxygen atoms in total. The average Bonchev–Trinajstić information content (AvgIpc) is 2.84. The highest BCUT2D eigenvalue weighted by molar-refractivity contribution is 5.72. The van der Waals surface area contributed by atoms with Gasteiger partial charge in [-0.15, -0.1) is 0 Å². The lowest BCUT2D eigenvalue weighted by atomic mass is 9.97. The van der Waals surface area contributed by atoms with Crippen LogP contribution in [-0.2, 0) is 17.9 Å². The number of methoxy groups -OCH3 is 1. The maximum absolute atomic E-state index is 11.1. The van der Waals surface area contributed by atoms with Gasteiger partial charge in [0.1, 0.15) is 18.1 Å². The molecule has 176 valence electrons. The van der Waals surface area contributed by atoms with Gasteiger partial charge in [0.2, 0.25) is 5.91 Å². The molecule has 1 amide bonds. The maximum atomic E-state index is 11.1. The van der Waals surface area contributed by atoms with Crippen LogP contribution >= 0.6 is 0 Å². The molecule has 0 saturated carbocycles. The number of rotatable bonds is 11. The van der Waals surface area contributed by atoms with Crippen molar-refractivity contribution >= 4 is 5.91 Å². The first-order valence-corrected chi connectivity index (χ1v) is 11.3. The first-order chi connectivity index (χ1) is 16.5. The Morgan fingerprint density at radius 1 is 1.06 bits per heavy atom. The number of benzene rings is 3. The molecule has 3 aromatic carbocycles. The van der Waals surface area contributed by atoms with Crippen LogP contribution in [0.5, 0.6) is 11.5 Å². The number of ether oxygens (including phenoxy) is 2. The number of carbonyl (C=O) groups excluding carboxylic acids is 1. The third kappa shape index (κ3) is 6.84. The third-order valence-corrected chi connectivity index (χ3v) is 5.67. The fourth-order valence-electron chi connectivity index (χ4n) is 3.82. The normalized spacial score (nSPS) is 10.6. The monoisotopic (exact) mass is 457 g/mol. The smallest absolute Gasteiger partial charge is 0.216 e. The highest BCUT2D eigenvalue weighted by Crippen LogP contribution is 2.29. The van der Waals surface area contributed by atoms with Crippen LogP contribution in [0.1, 0.15) is 23.6 Å². The molecule has 0 aliphatic heterocycles. The molecule has 0 atom stereocenters. The van der Waals surface area contributed by atoms with Gasteiger partial charge in [0, 0.05) is 38.2 Å². The van der Waals surface area contributed by atoms with Crippen LogP contribution in [-0.4, -0.2) is 37.6 Å². The average molecular weight is 458 g/mol. The molecule has 6 heteroatoms. The van der Waals surface area contributed by atoms with Crippen molar-refractivity contribution in [3.63, 3.8) is 0 Å². The van der Waals surface area contributed by atoms with E-state index in [4.69, 9.17) is 14.7 Å². The van der Waals surface area contributed by atoms with E-state index in [0.717, 1.165) is 16.9 Å². The van der Waals surface area contributed by atoms with Crippen molar-refractivity contribution < 1.29 is 14.3 Å². The summed E-state index contributed by atoms with van der Waals surface area (Å²) in [7, 11) is 1.63. The number of carbonyl (C=O) groups is 1. The van der Waals surface area contributed by atoms with Crippen molar-refractivity contribution in [3.8, 4) is 28.7 Å². The van der Waals surface area contributed by atoms with Crippen LogP contribution in [0, 0.1) is 18.3 Å². The largest absolute Gasteiger partial charge is 0.496 e. The second-order valence-electron chi connectivity index (χ2n) is 8.07. The Morgan fingerprint density at radius 2 is 1.85 bits per heavy atom. The Labute approximate surface area is 201 Å². The number of hydrogen-bond acceptors (Lipinski definition) is 5. The van der Waals surface area contributed by atoms with Crippen LogP contribution < -0.4 is 14.8 Å². The lowest BCUT2D eigenvalue weighted by Crippen LogP contribution is -2.34. The third-order valence-electron chi connectivity index (χ3n) is 5.67. The molecular weight excluding hydrogens is 426 g/mol. The minimum atomic E-state index is -0.0828. The van der Waals surface area contributed by atoms with E-state index < -0.39 is 0 Å². The molecule has 0 aromatic heterocycles.